The van der Waals surface area contributed by atoms with E-state index in [1.54, 1.807) is 13.0 Å². The van der Waals surface area contributed by atoms with Crippen molar-refractivity contribution in [1.82, 2.24) is 15.1 Å². The second kappa shape index (κ2) is 3.83. The lowest BCUT2D eigenvalue weighted by atomic mass is 10.3. The zero-order valence-corrected chi connectivity index (χ0v) is 7.72. The van der Waals surface area contributed by atoms with E-state index in [4.69, 9.17) is 0 Å². The lowest BCUT2D eigenvalue weighted by Crippen LogP contribution is -2.35. The van der Waals surface area contributed by atoms with Crippen molar-refractivity contribution in [2.24, 2.45) is 0 Å². The molecule has 0 bridgehead atoms. The zero-order chi connectivity index (χ0) is 9.90. The first kappa shape index (κ1) is 10.1. The Hall–Kier alpha value is -0.970. The van der Waals surface area contributed by atoms with Crippen molar-refractivity contribution >= 4 is 0 Å². The molecule has 5 heteroatoms. The van der Waals surface area contributed by atoms with E-state index in [0.29, 0.717) is 0 Å². The van der Waals surface area contributed by atoms with Gasteiger partial charge in [-0.3, -0.25) is 4.68 Å². The monoisotopic (exact) mass is 189 g/mol. The van der Waals surface area contributed by atoms with E-state index in [0.717, 1.165) is 5.69 Å². The van der Waals surface area contributed by atoms with Crippen LogP contribution >= 0.6 is 0 Å². The number of aromatic nitrogens is 2. The maximum Gasteiger partial charge on any atom is 0.279 e. The van der Waals surface area contributed by atoms with Crippen LogP contribution in [0.3, 0.4) is 0 Å². The fraction of sp³-hybridized carbons (Fsp3) is 0.625. The minimum absolute atomic E-state index is 0.327. The smallest absolute Gasteiger partial charge is 0.279 e. The summed E-state index contributed by atoms with van der Waals surface area (Å²) in [5, 5.41) is 6.24. The normalized spacial score (nSPS) is 12.0. The second-order valence-electron chi connectivity index (χ2n) is 3.02. The fourth-order valence-electron chi connectivity index (χ4n) is 1.10. The van der Waals surface area contributed by atoms with Crippen molar-refractivity contribution in [3.63, 3.8) is 0 Å². The van der Waals surface area contributed by atoms with Crippen LogP contribution in [0.25, 0.3) is 0 Å². The fourth-order valence-corrected chi connectivity index (χ4v) is 1.10. The molecule has 13 heavy (non-hydrogen) atoms. The third-order valence-corrected chi connectivity index (χ3v) is 1.75. The molecular formula is C8H13F2N3. The number of nitrogens with one attached hydrogen (secondary N) is 1. The largest absolute Gasteiger partial charge is 0.314 e. The lowest BCUT2D eigenvalue weighted by Gasteiger charge is -2.16. The van der Waals surface area contributed by atoms with E-state index >= 15 is 0 Å². The minimum atomic E-state index is -2.74. The SMILES string of the molecule is CNCC(F)(F)Cn1nccc1C. The first-order valence-electron chi connectivity index (χ1n) is 4.06. The van der Waals surface area contributed by atoms with E-state index < -0.39 is 5.92 Å². The molecule has 1 N–H and O–H groups in total. The van der Waals surface area contributed by atoms with Gasteiger partial charge in [0.2, 0.25) is 0 Å². The Labute approximate surface area is 75.7 Å². The van der Waals surface area contributed by atoms with Gasteiger partial charge in [-0.15, -0.1) is 0 Å². The Morgan fingerprint density at radius 3 is 2.77 bits per heavy atom. The summed E-state index contributed by atoms with van der Waals surface area (Å²) in [6, 6.07) is 1.70. The van der Waals surface area contributed by atoms with Crippen LogP contribution in [0.15, 0.2) is 12.3 Å². The molecule has 0 amide bonds. The molecule has 1 aromatic rings. The molecule has 1 aromatic heterocycles. The maximum absolute atomic E-state index is 13.0. The number of aryl methyl sites for hydroxylation is 1. The molecule has 0 aliphatic heterocycles. The van der Waals surface area contributed by atoms with Crippen molar-refractivity contribution in [2.75, 3.05) is 13.6 Å². The van der Waals surface area contributed by atoms with Crippen molar-refractivity contribution in [1.29, 1.82) is 0 Å². The highest BCUT2D eigenvalue weighted by atomic mass is 19.3. The molecule has 0 radical (unpaired) electrons. The van der Waals surface area contributed by atoms with Gasteiger partial charge in [-0.05, 0) is 20.0 Å². The summed E-state index contributed by atoms with van der Waals surface area (Å²) in [6.07, 6.45) is 1.52. The number of alkyl halides is 2. The predicted octanol–water partition coefficient (Wildman–Crippen LogP) is 1.05. The molecule has 0 aliphatic carbocycles. The van der Waals surface area contributed by atoms with E-state index in [1.807, 2.05) is 0 Å². The third-order valence-electron chi connectivity index (χ3n) is 1.75. The average molecular weight is 189 g/mol. The van der Waals surface area contributed by atoms with Gasteiger partial charge >= 0.3 is 0 Å². The summed E-state index contributed by atoms with van der Waals surface area (Å²) < 4.78 is 27.4. The van der Waals surface area contributed by atoms with Crippen LogP contribution in [0.4, 0.5) is 8.78 Å². The van der Waals surface area contributed by atoms with Crippen LogP contribution in [0.5, 0.6) is 0 Å². The van der Waals surface area contributed by atoms with Crippen LogP contribution in [-0.2, 0) is 6.54 Å². The first-order chi connectivity index (χ1) is 6.05. The molecule has 0 aliphatic rings. The number of hydrogen-bond donors (Lipinski definition) is 1. The van der Waals surface area contributed by atoms with Crippen LogP contribution in [0.2, 0.25) is 0 Å². The van der Waals surface area contributed by atoms with E-state index in [2.05, 4.69) is 10.4 Å². The lowest BCUT2D eigenvalue weighted by molar-refractivity contribution is -0.0168. The van der Waals surface area contributed by atoms with Crippen LogP contribution in [-0.4, -0.2) is 29.3 Å². The van der Waals surface area contributed by atoms with Gasteiger partial charge in [0.05, 0.1) is 6.54 Å². The molecule has 0 spiro atoms. The molecule has 74 valence electrons. The van der Waals surface area contributed by atoms with Crippen molar-refractivity contribution in [3.8, 4) is 0 Å². The first-order valence-corrected chi connectivity index (χ1v) is 4.06. The van der Waals surface area contributed by atoms with Crippen LogP contribution in [0, 0.1) is 6.92 Å². The summed E-state index contributed by atoms with van der Waals surface area (Å²) in [6.45, 7) is 1.06. The minimum Gasteiger partial charge on any atom is -0.314 e. The maximum atomic E-state index is 13.0. The van der Waals surface area contributed by atoms with Gasteiger partial charge in [0.25, 0.3) is 5.92 Å². The van der Waals surface area contributed by atoms with Gasteiger partial charge in [0.15, 0.2) is 0 Å². The number of rotatable bonds is 4. The highest BCUT2D eigenvalue weighted by Gasteiger charge is 2.29. The van der Waals surface area contributed by atoms with Gasteiger partial charge in [-0.25, -0.2) is 8.78 Å². The average Bonchev–Trinajstić information content (AvgIpc) is 2.35. The topological polar surface area (TPSA) is 29.9 Å². The Kier molecular flexibility index (Phi) is 2.98. The Morgan fingerprint density at radius 2 is 2.31 bits per heavy atom. The molecular weight excluding hydrogens is 176 g/mol. The van der Waals surface area contributed by atoms with Crippen LogP contribution < -0.4 is 5.32 Å². The second-order valence-corrected chi connectivity index (χ2v) is 3.02. The molecule has 0 saturated heterocycles. The number of nitrogens with zero attached hydrogens (tertiary/aromatic N) is 2. The standard InChI is InChI=1S/C8H13F2N3/c1-7-3-4-12-13(7)6-8(9,10)5-11-2/h3-4,11H,5-6H2,1-2H3. The van der Waals surface area contributed by atoms with Crippen molar-refractivity contribution in [3.05, 3.63) is 18.0 Å². The molecule has 1 heterocycles. The van der Waals surface area contributed by atoms with Crippen molar-refractivity contribution in [2.45, 2.75) is 19.4 Å². The molecule has 0 fully saturated rings. The summed E-state index contributed by atoms with van der Waals surface area (Å²) >= 11 is 0. The molecule has 0 saturated carbocycles. The summed E-state index contributed by atoms with van der Waals surface area (Å²) in [7, 11) is 1.50. The van der Waals surface area contributed by atoms with Gasteiger partial charge in [-0.2, -0.15) is 5.10 Å². The summed E-state index contributed by atoms with van der Waals surface area (Å²) in [5.74, 6) is -2.74. The molecule has 3 nitrogen and oxygen atoms in total. The summed E-state index contributed by atoms with van der Waals surface area (Å²) in [4.78, 5) is 0. The van der Waals surface area contributed by atoms with E-state index in [-0.39, 0.29) is 13.1 Å². The molecule has 0 atom stereocenters. The van der Waals surface area contributed by atoms with Gasteiger partial charge in [0, 0.05) is 11.9 Å². The van der Waals surface area contributed by atoms with Crippen molar-refractivity contribution < 1.29 is 8.78 Å². The predicted molar refractivity (Wildman–Crippen MR) is 45.8 cm³/mol. The van der Waals surface area contributed by atoms with Gasteiger partial charge in [-0.1, -0.05) is 0 Å². The van der Waals surface area contributed by atoms with E-state index in [1.165, 1.54) is 17.9 Å². The Balaban J connectivity index is 2.63. The van der Waals surface area contributed by atoms with E-state index in [9.17, 15) is 8.78 Å². The van der Waals surface area contributed by atoms with Gasteiger partial charge < -0.3 is 5.32 Å². The molecule has 0 unspecified atom stereocenters. The number of hydrogen-bond acceptors (Lipinski definition) is 2. The number of halogens is 2. The molecule has 1 rings (SSSR count). The Morgan fingerprint density at radius 1 is 1.62 bits per heavy atom. The zero-order valence-electron chi connectivity index (χ0n) is 7.72. The summed E-state index contributed by atoms with van der Waals surface area (Å²) in [5.41, 5.74) is 0.746. The third kappa shape index (κ3) is 2.77. The molecule has 0 aromatic carbocycles. The van der Waals surface area contributed by atoms with Gasteiger partial charge in [0.1, 0.15) is 6.54 Å². The highest BCUT2D eigenvalue weighted by Crippen LogP contribution is 2.15. The quantitative estimate of drug-likeness (QED) is 0.767. The van der Waals surface area contributed by atoms with Crippen LogP contribution in [0.1, 0.15) is 5.69 Å². The highest BCUT2D eigenvalue weighted by molar-refractivity contribution is 4.97. The Bertz CT molecular complexity index is 270.